The van der Waals surface area contributed by atoms with Gasteiger partial charge in [0.2, 0.25) is 0 Å². The van der Waals surface area contributed by atoms with E-state index in [1.165, 1.54) is 30.9 Å². The predicted molar refractivity (Wildman–Crippen MR) is 113 cm³/mol. The van der Waals surface area contributed by atoms with Gasteiger partial charge in [0.25, 0.3) is 11.6 Å². The van der Waals surface area contributed by atoms with Gasteiger partial charge >= 0.3 is 5.97 Å². The van der Waals surface area contributed by atoms with Crippen molar-refractivity contribution in [3.63, 3.8) is 0 Å². The van der Waals surface area contributed by atoms with Crippen molar-refractivity contribution in [3.8, 4) is 5.75 Å². The first-order chi connectivity index (χ1) is 14.1. The third-order valence-electron chi connectivity index (χ3n) is 4.47. The van der Waals surface area contributed by atoms with Crippen molar-refractivity contribution in [2.24, 2.45) is 0 Å². The molecule has 8 heteroatoms. The number of hydrogen-bond acceptors (Lipinski definition) is 6. The highest BCUT2D eigenvalue weighted by Crippen LogP contribution is 2.29. The van der Waals surface area contributed by atoms with Crippen LogP contribution >= 0.6 is 0 Å². The average molecular weight is 414 g/mol. The highest BCUT2D eigenvalue weighted by molar-refractivity contribution is 5.94. The molecular formula is C22H26N2O6. The fourth-order valence-corrected chi connectivity index (χ4v) is 2.72. The van der Waals surface area contributed by atoms with Crippen molar-refractivity contribution < 1.29 is 24.0 Å². The molecule has 0 atom stereocenters. The third-order valence-corrected chi connectivity index (χ3v) is 4.47. The van der Waals surface area contributed by atoms with Gasteiger partial charge in [-0.2, -0.15) is 0 Å². The minimum atomic E-state index is -0.565. The second kappa shape index (κ2) is 9.87. The minimum Gasteiger partial charge on any atom is -0.494 e. The second-order valence-electron chi connectivity index (χ2n) is 7.80. The molecule has 0 aliphatic heterocycles. The Balaban J connectivity index is 1.82. The van der Waals surface area contributed by atoms with Crippen LogP contribution in [0.1, 0.15) is 38.3 Å². The Kier molecular flexibility index (Phi) is 7.52. The molecule has 0 saturated heterocycles. The fraction of sp³-hybridized carbons (Fsp3) is 0.364. The van der Waals surface area contributed by atoms with Crippen molar-refractivity contribution >= 4 is 23.3 Å². The maximum absolute atomic E-state index is 12.0. The SMILES string of the molecule is COc1cc([N+](=O)[O-])ccc1NC(=O)COC(=O)CCc1ccc(C(C)(C)C)cc1. The number of methoxy groups -OCH3 is 1. The number of carbonyl (C=O) groups is 2. The standard InChI is InChI=1S/C22H26N2O6/c1-22(2,3)16-8-5-15(6-9-16)7-12-21(26)30-14-20(25)23-18-11-10-17(24(27)28)13-19(18)29-4/h5-6,8-11,13H,7,12,14H2,1-4H3,(H,23,25). The van der Waals surface area contributed by atoms with Crippen LogP contribution in [0.5, 0.6) is 5.75 Å². The molecule has 0 bridgehead atoms. The summed E-state index contributed by atoms with van der Waals surface area (Å²) in [4.78, 5) is 34.2. The smallest absolute Gasteiger partial charge is 0.306 e. The van der Waals surface area contributed by atoms with Crippen LogP contribution in [0.3, 0.4) is 0 Å². The van der Waals surface area contributed by atoms with Crippen LogP contribution in [0.4, 0.5) is 11.4 Å². The summed E-state index contributed by atoms with van der Waals surface area (Å²) >= 11 is 0. The maximum atomic E-state index is 12.0. The Hall–Kier alpha value is -3.42. The molecule has 1 N–H and O–H groups in total. The van der Waals surface area contributed by atoms with Gasteiger partial charge in [-0.1, -0.05) is 45.0 Å². The van der Waals surface area contributed by atoms with Gasteiger partial charge in [0.15, 0.2) is 6.61 Å². The number of non-ortho nitro benzene ring substituents is 1. The number of anilines is 1. The molecule has 0 radical (unpaired) electrons. The zero-order valence-corrected chi connectivity index (χ0v) is 17.6. The van der Waals surface area contributed by atoms with E-state index in [4.69, 9.17) is 9.47 Å². The molecule has 2 aromatic rings. The number of benzene rings is 2. The molecule has 1 amide bonds. The summed E-state index contributed by atoms with van der Waals surface area (Å²) in [6.45, 7) is 5.95. The highest BCUT2D eigenvalue weighted by atomic mass is 16.6. The molecule has 0 saturated carbocycles. The average Bonchev–Trinajstić information content (AvgIpc) is 2.70. The molecule has 0 aliphatic rings. The van der Waals surface area contributed by atoms with Crippen LogP contribution in [0.15, 0.2) is 42.5 Å². The van der Waals surface area contributed by atoms with E-state index in [0.29, 0.717) is 6.42 Å². The zero-order chi connectivity index (χ0) is 22.3. The number of hydrogen-bond donors (Lipinski definition) is 1. The lowest BCUT2D eigenvalue weighted by Crippen LogP contribution is -2.21. The summed E-state index contributed by atoms with van der Waals surface area (Å²) in [5.74, 6) is -0.909. The zero-order valence-electron chi connectivity index (χ0n) is 17.6. The first-order valence-electron chi connectivity index (χ1n) is 9.47. The number of nitrogens with one attached hydrogen (secondary N) is 1. The topological polar surface area (TPSA) is 108 Å². The van der Waals surface area contributed by atoms with E-state index in [1.807, 2.05) is 24.3 Å². The van der Waals surface area contributed by atoms with Gasteiger partial charge in [0, 0.05) is 12.5 Å². The predicted octanol–water partition coefficient (Wildman–Crippen LogP) is 4.02. The Morgan fingerprint density at radius 2 is 1.77 bits per heavy atom. The quantitative estimate of drug-likeness (QED) is 0.397. The third kappa shape index (κ3) is 6.58. The van der Waals surface area contributed by atoms with Crippen molar-refractivity contribution in [3.05, 3.63) is 63.7 Å². The number of esters is 1. The fourth-order valence-electron chi connectivity index (χ4n) is 2.72. The summed E-state index contributed by atoms with van der Waals surface area (Å²) in [5.41, 5.74) is 2.39. The number of nitro benzene ring substituents is 1. The van der Waals surface area contributed by atoms with Crippen molar-refractivity contribution in [2.45, 2.75) is 39.0 Å². The molecule has 0 unspecified atom stereocenters. The summed E-state index contributed by atoms with van der Waals surface area (Å²) in [5, 5.41) is 13.3. The summed E-state index contributed by atoms with van der Waals surface area (Å²) < 4.78 is 10.1. The molecule has 0 spiro atoms. The van der Waals surface area contributed by atoms with Crippen molar-refractivity contribution in [1.82, 2.24) is 0 Å². The summed E-state index contributed by atoms with van der Waals surface area (Å²) in [6.07, 6.45) is 0.671. The number of aryl methyl sites for hydroxylation is 1. The van der Waals surface area contributed by atoms with E-state index in [0.717, 1.165) is 5.56 Å². The normalized spacial score (nSPS) is 10.9. The monoisotopic (exact) mass is 414 g/mol. The van der Waals surface area contributed by atoms with Gasteiger partial charge in [-0.25, -0.2) is 0 Å². The molecule has 8 nitrogen and oxygen atoms in total. The molecule has 0 aromatic heterocycles. The van der Waals surface area contributed by atoms with Gasteiger partial charge in [-0.05, 0) is 29.0 Å². The molecule has 0 fully saturated rings. The van der Waals surface area contributed by atoms with Gasteiger partial charge in [-0.15, -0.1) is 0 Å². The molecule has 2 aromatic carbocycles. The van der Waals surface area contributed by atoms with E-state index in [-0.39, 0.29) is 29.0 Å². The van der Waals surface area contributed by atoms with E-state index in [2.05, 4.69) is 26.1 Å². The Labute approximate surface area is 175 Å². The number of carbonyl (C=O) groups excluding carboxylic acids is 2. The van der Waals surface area contributed by atoms with Crippen LogP contribution in [0, 0.1) is 10.1 Å². The van der Waals surface area contributed by atoms with Crippen LogP contribution in [-0.2, 0) is 26.2 Å². The maximum Gasteiger partial charge on any atom is 0.306 e. The van der Waals surface area contributed by atoms with E-state index in [1.54, 1.807) is 0 Å². The van der Waals surface area contributed by atoms with Crippen LogP contribution < -0.4 is 10.1 Å². The molecule has 30 heavy (non-hydrogen) atoms. The highest BCUT2D eigenvalue weighted by Gasteiger charge is 2.15. The molecular weight excluding hydrogens is 388 g/mol. The van der Waals surface area contributed by atoms with Crippen molar-refractivity contribution in [2.75, 3.05) is 19.0 Å². The summed E-state index contributed by atoms with van der Waals surface area (Å²) in [6, 6.07) is 11.9. The summed E-state index contributed by atoms with van der Waals surface area (Å²) in [7, 11) is 1.34. The minimum absolute atomic E-state index is 0.0666. The second-order valence-corrected chi connectivity index (χ2v) is 7.80. The van der Waals surface area contributed by atoms with Crippen LogP contribution in [0.25, 0.3) is 0 Å². The van der Waals surface area contributed by atoms with E-state index < -0.39 is 23.4 Å². The van der Waals surface area contributed by atoms with Gasteiger partial charge < -0.3 is 14.8 Å². The largest absolute Gasteiger partial charge is 0.494 e. The number of amides is 1. The Morgan fingerprint density at radius 1 is 1.10 bits per heavy atom. The molecule has 160 valence electrons. The molecule has 2 rings (SSSR count). The van der Waals surface area contributed by atoms with Crippen LogP contribution in [0.2, 0.25) is 0 Å². The van der Waals surface area contributed by atoms with E-state index >= 15 is 0 Å². The Bertz CT molecular complexity index is 916. The molecule has 0 heterocycles. The lowest BCUT2D eigenvalue weighted by molar-refractivity contribution is -0.384. The van der Waals surface area contributed by atoms with E-state index in [9.17, 15) is 19.7 Å². The van der Waals surface area contributed by atoms with Gasteiger partial charge in [0.05, 0.1) is 23.8 Å². The lowest BCUT2D eigenvalue weighted by atomic mass is 9.86. The number of nitrogens with zero attached hydrogens (tertiary/aromatic N) is 1. The lowest BCUT2D eigenvalue weighted by Gasteiger charge is -2.19. The number of nitro groups is 1. The van der Waals surface area contributed by atoms with Crippen LogP contribution in [-0.4, -0.2) is 30.5 Å². The van der Waals surface area contributed by atoms with Crippen molar-refractivity contribution in [1.29, 1.82) is 0 Å². The molecule has 0 aliphatic carbocycles. The Morgan fingerprint density at radius 3 is 2.33 bits per heavy atom. The first kappa shape index (κ1) is 22.9. The number of ether oxygens (including phenoxy) is 2. The number of rotatable bonds is 8. The van der Waals surface area contributed by atoms with Gasteiger partial charge in [-0.3, -0.25) is 19.7 Å². The first-order valence-corrected chi connectivity index (χ1v) is 9.47. The van der Waals surface area contributed by atoms with Gasteiger partial charge in [0.1, 0.15) is 5.75 Å².